The van der Waals surface area contributed by atoms with E-state index in [2.05, 4.69) is 5.32 Å². The van der Waals surface area contributed by atoms with Crippen LogP contribution in [-0.4, -0.2) is 14.3 Å². The second-order valence-corrected chi connectivity index (χ2v) is 7.82. The summed E-state index contributed by atoms with van der Waals surface area (Å²) in [4.78, 5) is 12.1. The Morgan fingerprint density at radius 3 is 2.43 bits per heavy atom. The lowest BCUT2D eigenvalue weighted by molar-refractivity contribution is -0.117. The molecule has 2 fully saturated rings. The van der Waals surface area contributed by atoms with Gasteiger partial charge in [0.1, 0.15) is 0 Å². The number of carbonyl (C=O) groups excluding carboxylic acids is 1. The van der Waals surface area contributed by atoms with Crippen LogP contribution in [0.2, 0.25) is 0 Å². The number of benzene rings is 1. The van der Waals surface area contributed by atoms with Crippen LogP contribution in [0.1, 0.15) is 32.1 Å². The van der Waals surface area contributed by atoms with Crippen LogP contribution in [0, 0.1) is 17.8 Å². The lowest BCUT2D eigenvalue weighted by Crippen LogP contribution is -2.20. The third-order valence-corrected chi connectivity index (χ3v) is 5.73. The van der Waals surface area contributed by atoms with Gasteiger partial charge in [-0.3, -0.25) is 4.79 Å². The zero-order valence-corrected chi connectivity index (χ0v) is 12.6. The van der Waals surface area contributed by atoms with E-state index >= 15 is 0 Å². The number of nitrogens with one attached hydrogen (secondary N) is 1. The third-order valence-electron chi connectivity index (χ3n) is 4.80. The molecule has 0 aromatic heterocycles. The van der Waals surface area contributed by atoms with Gasteiger partial charge in [0.2, 0.25) is 15.9 Å². The molecular weight excluding hydrogens is 288 g/mol. The molecule has 5 nitrogen and oxygen atoms in total. The number of sulfonamides is 1. The maximum Gasteiger partial charge on any atom is 0.238 e. The number of carbonyl (C=O) groups is 1. The first-order chi connectivity index (χ1) is 9.91. The summed E-state index contributed by atoms with van der Waals surface area (Å²) in [5.74, 6) is 2.09. The summed E-state index contributed by atoms with van der Waals surface area (Å²) in [6.07, 6.45) is 5.64. The zero-order chi connectivity index (χ0) is 15.0. The maximum atomic E-state index is 12.1. The first-order valence-corrected chi connectivity index (χ1v) is 8.89. The highest BCUT2D eigenvalue weighted by Gasteiger charge is 2.40. The topological polar surface area (TPSA) is 89.3 Å². The normalized spacial score (nSPS) is 27.8. The van der Waals surface area contributed by atoms with Crippen molar-refractivity contribution in [2.45, 2.75) is 37.0 Å². The lowest BCUT2D eigenvalue weighted by Gasteiger charge is -2.20. The molecule has 2 aliphatic carbocycles. The average Bonchev–Trinajstić information content (AvgIpc) is 3.00. The van der Waals surface area contributed by atoms with Crippen LogP contribution in [0.15, 0.2) is 29.2 Å². The lowest BCUT2D eigenvalue weighted by atomic mass is 9.86. The monoisotopic (exact) mass is 308 g/mol. The molecule has 3 atom stereocenters. The summed E-state index contributed by atoms with van der Waals surface area (Å²) in [6.45, 7) is 0. The second kappa shape index (κ2) is 5.42. The molecule has 0 spiro atoms. The summed E-state index contributed by atoms with van der Waals surface area (Å²) in [7, 11) is -3.69. The van der Waals surface area contributed by atoms with Crippen molar-refractivity contribution in [2.75, 3.05) is 5.32 Å². The summed E-state index contributed by atoms with van der Waals surface area (Å²) in [5, 5.41) is 7.87. The summed E-state index contributed by atoms with van der Waals surface area (Å²) >= 11 is 0. The number of hydrogen-bond acceptors (Lipinski definition) is 3. The Morgan fingerprint density at radius 2 is 1.90 bits per heavy atom. The Balaban J connectivity index is 1.57. The number of nitrogens with two attached hydrogens (primary N) is 1. The predicted octanol–water partition coefficient (Wildman–Crippen LogP) is 2.10. The first-order valence-electron chi connectivity index (χ1n) is 7.34. The highest BCUT2D eigenvalue weighted by Crippen LogP contribution is 2.49. The minimum atomic E-state index is -3.69. The number of anilines is 1. The molecule has 114 valence electrons. The van der Waals surface area contributed by atoms with E-state index in [1.807, 2.05) is 0 Å². The number of amides is 1. The van der Waals surface area contributed by atoms with Gasteiger partial charge in [0.15, 0.2) is 0 Å². The van der Waals surface area contributed by atoms with Crippen molar-refractivity contribution in [3.63, 3.8) is 0 Å². The van der Waals surface area contributed by atoms with E-state index in [1.165, 1.54) is 37.8 Å². The Kier molecular flexibility index (Phi) is 3.75. The molecule has 21 heavy (non-hydrogen) atoms. The van der Waals surface area contributed by atoms with Crippen molar-refractivity contribution in [3.8, 4) is 0 Å². The van der Waals surface area contributed by atoms with E-state index in [9.17, 15) is 13.2 Å². The molecule has 0 saturated heterocycles. The van der Waals surface area contributed by atoms with E-state index in [0.29, 0.717) is 18.0 Å². The number of primary sulfonamides is 1. The number of hydrogen-bond donors (Lipinski definition) is 2. The first kappa shape index (κ1) is 14.5. The quantitative estimate of drug-likeness (QED) is 0.892. The molecule has 0 radical (unpaired) electrons. The molecule has 2 bridgehead atoms. The molecule has 3 N–H and O–H groups in total. The van der Waals surface area contributed by atoms with Gasteiger partial charge in [0.25, 0.3) is 0 Å². The molecule has 1 amide bonds. The molecule has 2 aliphatic rings. The van der Waals surface area contributed by atoms with E-state index in [0.717, 1.165) is 11.8 Å². The fourth-order valence-corrected chi connectivity index (χ4v) is 4.32. The molecule has 3 rings (SSSR count). The summed E-state index contributed by atoms with van der Waals surface area (Å²) in [5.41, 5.74) is 0.607. The van der Waals surface area contributed by atoms with Crippen LogP contribution in [0.5, 0.6) is 0 Å². The fourth-order valence-electron chi connectivity index (χ4n) is 3.80. The van der Waals surface area contributed by atoms with Gasteiger partial charge in [-0.05, 0) is 61.3 Å². The smallest absolute Gasteiger partial charge is 0.238 e. The molecular formula is C15H20N2O3S. The van der Waals surface area contributed by atoms with Crippen LogP contribution in [-0.2, 0) is 14.8 Å². The molecule has 2 saturated carbocycles. The highest BCUT2D eigenvalue weighted by molar-refractivity contribution is 7.89. The minimum absolute atomic E-state index is 0.0101. The summed E-state index contributed by atoms with van der Waals surface area (Å²) in [6, 6.07) is 5.95. The van der Waals surface area contributed by atoms with Gasteiger partial charge in [-0.25, -0.2) is 13.6 Å². The molecule has 6 heteroatoms. The van der Waals surface area contributed by atoms with Gasteiger partial charge in [0, 0.05) is 12.1 Å². The van der Waals surface area contributed by atoms with Crippen LogP contribution >= 0.6 is 0 Å². The molecule has 1 aromatic carbocycles. The second-order valence-electron chi connectivity index (χ2n) is 6.26. The van der Waals surface area contributed by atoms with Gasteiger partial charge >= 0.3 is 0 Å². The van der Waals surface area contributed by atoms with Crippen LogP contribution < -0.4 is 10.5 Å². The number of fused-ring (bicyclic) bond motifs is 2. The molecule has 0 unspecified atom stereocenters. The van der Waals surface area contributed by atoms with Gasteiger partial charge in [-0.15, -0.1) is 0 Å². The fraction of sp³-hybridized carbons (Fsp3) is 0.533. The SMILES string of the molecule is NS(=O)(=O)c1ccc(NC(=O)C[C@H]2C[C@@H]3CC[C@@H]2C3)cc1. The van der Waals surface area contributed by atoms with Gasteiger partial charge in [-0.1, -0.05) is 6.42 Å². The summed E-state index contributed by atoms with van der Waals surface area (Å²) < 4.78 is 22.3. The molecule has 0 aliphatic heterocycles. The van der Waals surface area contributed by atoms with Crippen LogP contribution in [0.3, 0.4) is 0 Å². The zero-order valence-electron chi connectivity index (χ0n) is 11.8. The predicted molar refractivity (Wildman–Crippen MR) is 80.0 cm³/mol. The molecule has 0 heterocycles. The Hall–Kier alpha value is -1.40. The van der Waals surface area contributed by atoms with Crippen molar-refractivity contribution < 1.29 is 13.2 Å². The van der Waals surface area contributed by atoms with Crippen molar-refractivity contribution in [1.82, 2.24) is 0 Å². The van der Waals surface area contributed by atoms with Crippen molar-refractivity contribution in [2.24, 2.45) is 22.9 Å². The van der Waals surface area contributed by atoms with Crippen molar-refractivity contribution in [3.05, 3.63) is 24.3 Å². The average molecular weight is 308 g/mol. The van der Waals surface area contributed by atoms with E-state index in [-0.39, 0.29) is 10.8 Å². The third kappa shape index (κ3) is 3.27. The maximum absolute atomic E-state index is 12.1. The van der Waals surface area contributed by atoms with Crippen LogP contribution in [0.4, 0.5) is 5.69 Å². The van der Waals surface area contributed by atoms with Crippen molar-refractivity contribution >= 4 is 21.6 Å². The Labute approximate surface area is 125 Å². The molecule has 1 aromatic rings. The van der Waals surface area contributed by atoms with Gasteiger partial charge in [-0.2, -0.15) is 0 Å². The van der Waals surface area contributed by atoms with Gasteiger partial charge in [0.05, 0.1) is 4.90 Å². The Morgan fingerprint density at radius 1 is 1.19 bits per heavy atom. The highest BCUT2D eigenvalue weighted by atomic mass is 32.2. The largest absolute Gasteiger partial charge is 0.326 e. The van der Waals surface area contributed by atoms with Crippen LogP contribution in [0.25, 0.3) is 0 Å². The van der Waals surface area contributed by atoms with E-state index in [4.69, 9.17) is 5.14 Å². The minimum Gasteiger partial charge on any atom is -0.326 e. The van der Waals surface area contributed by atoms with Crippen molar-refractivity contribution in [1.29, 1.82) is 0 Å². The van der Waals surface area contributed by atoms with E-state index < -0.39 is 10.0 Å². The Bertz CT molecular complexity index is 639. The van der Waals surface area contributed by atoms with E-state index in [1.54, 1.807) is 12.1 Å². The standard InChI is InChI=1S/C15H20N2O3S/c16-21(19,20)14-5-3-13(4-6-14)17-15(18)9-12-8-10-1-2-11(12)7-10/h3-6,10-12H,1-2,7-9H2,(H,17,18)(H2,16,19,20)/t10-,11-,12-/m1/s1. The number of rotatable bonds is 4. The van der Waals surface area contributed by atoms with Gasteiger partial charge < -0.3 is 5.32 Å².